The van der Waals surface area contributed by atoms with Crippen molar-refractivity contribution in [3.05, 3.63) is 0 Å². The van der Waals surface area contributed by atoms with E-state index < -0.39 is 0 Å². The monoisotopic (exact) mass is 312 g/mol. The minimum Gasteiger partial charge on any atom is -2.00 e. The van der Waals surface area contributed by atoms with Crippen LogP contribution in [-0.2, 0) is 54.0 Å². The summed E-state index contributed by atoms with van der Waals surface area (Å²) in [4.78, 5) is 0. The maximum absolute atomic E-state index is 0. The first-order valence-corrected chi connectivity index (χ1v) is 0. The summed E-state index contributed by atoms with van der Waals surface area (Å²) in [5.41, 5.74) is 0. The van der Waals surface area contributed by atoms with Crippen LogP contribution in [-0.4, -0.2) is 0 Å². The van der Waals surface area contributed by atoms with E-state index in [2.05, 4.69) is 0 Å². The second-order valence-electron chi connectivity index (χ2n) is 0. The van der Waals surface area contributed by atoms with Gasteiger partial charge in [0.15, 0.2) is 0 Å². The largest absolute Gasteiger partial charge is 2.00 e. The minimum absolute atomic E-state index is 0. The summed E-state index contributed by atoms with van der Waals surface area (Å²) in [6.07, 6.45) is 0. The van der Waals surface area contributed by atoms with Gasteiger partial charge in [0, 0.05) is 0 Å². The Kier molecular flexibility index (Phi) is 730. The Balaban J connectivity index is 0. The second kappa shape index (κ2) is 86.9. The molecule has 0 nitrogen and oxygen atoms in total. The standard InChI is InChI=1S/8Na.4S/q8*+1;4*-2. The quantitative estimate of drug-likeness (QED) is 0.390. The Hall–Kier alpha value is 9.40. The SMILES string of the molecule is [Na+].[Na+].[Na+].[Na+].[Na+].[Na+].[Na+].[Na+].[S-2].[S-2].[S-2].[S-2]. The van der Waals surface area contributed by atoms with Crippen molar-refractivity contribution in [3.8, 4) is 0 Å². The van der Waals surface area contributed by atoms with E-state index in [1.165, 1.54) is 0 Å². The van der Waals surface area contributed by atoms with Crippen LogP contribution < -0.4 is 236 Å². The first-order chi connectivity index (χ1) is 0. The Labute approximate surface area is 281 Å². The molecule has 0 fully saturated rings. The van der Waals surface area contributed by atoms with Gasteiger partial charge in [-0.05, 0) is 0 Å². The van der Waals surface area contributed by atoms with E-state index in [1.54, 1.807) is 0 Å². The molecule has 0 heterocycles. The smallest absolute Gasteiger partial charge is 1.00 e. The van der Waals surface area contributed by atoms with Crippen molar-refractivity contribution in [2.45, 2.75) is 0 Å². The molecule has 0 amide bonds. The first kappa shape index (κ1) is 101. The molecule has 0 aromatic carbocycles. The summed E-state index contributed by atoms with van der Waals surface area (Å²) in [5, 5.41) is 0. The van der Waals surface area contributed by atoms with Gasteiger partial charge >= 0.3 is 236 Å². The van der Waals surface area contributed by atoms with Crippen molar-refractivity contribution in [3.63, 3.8) is 0 Å². The van der Waals surface area contributed by atoms with Crippen molar-refractivity contribution in [1.82, 2.24) is 0 Å². The van der Waals surface area contributed by atoms with E-state index in [0.29, 0.717) is 0 Å². The molecule has 0 spiro atoms. The summed E-state index contributed by atoms with van der Waals surface area (Å²) in [5.74, 6) is 0. The molecule has 0 saturated heterocycles. The molecule has 0 aromatic heterocycles. The van der Waals surface area contributed by atoms with Gasteiger partial charge in [-0.3, -0.25) is 0 Å². The summed E-state index contributed by atoms with van der Waals surface area (Å²) in [6, 6.07) is 0. The molecule has 0 aliphatic carbocycles. The number of hydrogen-bond acceptors (Lipinski definition) is 0. The maximum Gasteiger partial charge on any atom is 1.00 e. The van der Waals surface area contributed by atoms with E-state index in [-0.39, 0.29) is 290 Å². The molecule has 0 aliphatic heterocycles. The average Bonchev–Trinajstić information content (AvgIpc) is 0. The van der Waals surface area contributed by atoms with Crippen molar-refractivity contribution >= 4 is 54.0 Å². The fourth-order valence-corrected chi connectivity index (χ4v) is 0. The second-order valence-corrected chi connectivity index (χ2v) is 0. The Morgan fingerprint density at radius 1 is 0.167 bits per heavy atom. The molecular weight excluding hydrogens is 312 g/mol. The summed E-state index contributed by atoms with van der Waals surface area (Å²) < 4.78 is 0. The van der Waals surface area contributed by atoms with E-state index in [0.717, 1.165) is 0 Å². The van der Waals surface area contributed by atoms with Crippen LogP contribution in [0.15, 0.2) is 0 Å². The van der Waals surface area contributed by atoms with Crippen molar-refractivity contribution in [2.75, 3.05) is 0 Å². The Morgan fingerprint density at radius 3 is 0.167 bits per heavy atom. The summed E-state index contributed by atoms with van der Waals surface area (Å²) >= 11 is 0. The van der Waals surface area contributed by atoms with Crippen LogP contribution >= 0.6 is 0 Å². The van der Waals surface area contributed by atoms with Gasteiger partial charge in [-0.15, -0.1) is 0 Å². The summed E-state index contributed by atoms with van der Waals surface area (Å²) in [6.45, 7) is 0. The molecule has 0 N–H and O–H groups in total. The van der Waals surface area contributed by atoms with Gasteiger partial charge in [-0.1, -0.05) is 0 Å². The molecule has 12 heteroatoms. The normalized spacial score (nSPS) is 0. The topological polar surface area (TPSA) is 0 Å². The molecule has 32 valence electrons. The van der Waals surface area contributed by atoms with Crippen LogP contribution in [0.2, 0.25) is 0 Å². The maximum atomic E-state index is 0. The van der Waals surface area contributed by atoms with E-state index in [1.807, 2.05) is 0 Å². The van der Waals surface area contributed by atoms with E-state index >= 15 is 0 Å². The number of rotatable bonds is 0. The Bertz CT molecular complexity index is 11.0. The van der Waals surface area contributed by atoms with Crippen LogP contribution in [0.4, 0.5) is 0 Å². The third-order valence-electron chi connectivity index (χ3n) is 0. The zero-order chi connectivity index (χ0) is 0. The van der Waals surface area contributed by atoms with Crippen LogP contribution in [0.25, 0.3) is 0 Å². The van der Waals surface area contributed by atoms with Crippen LogP contribution in [0.5, 0.6) is 0 Å². The van der Waals surface area contributed by atoms with Crippen molar-refractivity contribution in [1.29, 1.82) is 0 Å². The zero-order valence-electron chi connectivity index (χ0n) is 9.63. The predicted octanol–water partition coefficient (Wildman–Crippen LogP) is -24.0. The minimum atomic E-state index is 0. The fourth-order valence-electron chi connectivity index (χ4n) is 0. The van der Waals surface area contributed by atoms with Crippen LogP contribution in [0, 0.1) is 0 Å². The molecule has 0 unspecified atom stereocenters. The van der Waals surface area contributed by atoms with Crippen molar-refractivity contribution in [2.24, 2.45) is 0 Å². The van der Waals surface area contributed by atoms with Crippen molar-refractivity contribution < 1.29 is 236 Å². The van der Waals surface area contributed by atoms with Gasteiger partial charge in [0.2, 0.25) is 0 Å². The number of hydrogen-bond donors (Lipinski definition) is 0. The molecule has 0 saturated carbocycles. The van der Waals surface area contributed by atoms with Crippen LogP contribution in [0.1, 0.15) is 0 Å². The Morgan fingerprint density at radius 2 is 0.167 bits per heavy atom. The van der Waals surface area contributed by atoms with Gasteiger partial charge in [0.25, 0.3) is 0 Å². The predicted molar refractivity (Wildman–Crippen MR) is 29.5 cm³/mol. The molecule has 0 radical (unpaired) electrons. The summed E-state index contributed by atoms with van der Waals surface area (Å²) in [7, 11) is 0. The van der Waals surface area contributed by atoms with Gasteiger partial charge in [-0.25, -0.2) is 0 Å². The molecule has 12 heavy (non-hydrogen) atoms. The van der Waals surface area contributed by atoms with Gasteiger partial charge in [0.05, 0.1) is 0 Å². The van der Waals surface area contributed by atoms with Gasteiger partial charge in [0.1, 0.15) is 0 Å². The van der Waals surface area contributed by atoms with Crippen LogP contribution in [0.3, 0.4) is 0 Å². The molecule has 0 rings (SSSR count). The molecule has 0 aromatic rings. The molecular formula is Na8S4. The molecule has 0 aliphatic rings. The third-order valence-corrected chi connectivity index (χ3v) is 0. The third kappa shape index (κ3) is 74.3. The first-order valence-electron chi connectivity index (χ1n) is 0. The zero-order valence-corrected chi connectivity index (χ0v) is 28.9. The van der Waals surface area contributed by atoms with E-state index in [4.69, 9.17) is 0 Å². The average molecular weight is 312 g/mol. The van der Waals surface area contributed by atoms with E-state index in [9.17, 15) is 0 Å². The van der Waals surface area contributed by atoms with Gasteiger partial charge < -0.3 is 54.0 Å². The molecule has 0 atom stereocenters. The fraction of sp³-hybridized carbons (Fsp3) is 0. The van der Waals surface area contributed by atoms with Gasteiger partial charge in [-0.2, -0.15) is 0 Å². The molecule has 0 bridgehead atoms.